The van der Waals surface area contributed by atoms with Gasteiger partial charge in [-0.25, -0.2) is 9.13 Å². The van der Waals surface area contributed by atoms with Crippen LogP contribution in [0.15, 0.2) is 207 Å². The van der Waals surface area contributed by atoms with E-state index in [1.807, 2.05) is 48.6 Å². The van der Waals surface area contributed by atoms with Gasteiger partial charge in [-0.15, -0.1) is 0 Å². The van der Waals surface area contributed by atoms with Crippen molar-refractivity contribution in [1.82, 2.24) is 0 Å². The van der Waals surface area contributed by atoms with Crippen LogP contribution in [-0.4, -0.2) is 96.7 Å². The van der Waals surface area contributed by atoms with E-state index in [4.69, 9.17) is 37.0 Å². The molecule has 17 nitrogen and oxygen atoms in total. The van der Waals surface area contributed by atoms with Crippen LogP contribution in [0.2, 0.25) is 0 Å². The molecule has 608 valence electrons. The van der Waals surface area contributed by atoms with E-state index < -0.39 is 97.5 Å². The lowest BCUT2D eigenvalue weighted by molar-refractivity contribution is -0.161. The van der Waals surface area contributed by atoms with Crippen molar-refractivity contribution in [2.75, 3.05) is 39.6 Å². The summed E-state index contributed by atoms with van der Waals surface area (Å²) in [5.74, 6) is -2.47. The topological polar surface area (TPSA) is 237 Å². The second-order valence-electron chi connectivity index (χ2n) is 25.9. The second-order valence-corrected chi connectivity index (χ2v) is 28.8. The molecule has 2 unspecified atom stereocenters. The molecule has 0 spiro atoms. The smallest absolute Gasteiger partial charge is 0.462 e. The third-order valence-corrected chi connectivity index (χ3v) is 17.6. The first kappa shape index (κ1) is 102. The molecule has 0 fully saturated rings. The summed E-state index contributed by atoms with van der Waals surface area (Å²) >= 11 is 0. The summed E-state index contributed by atoms with van der Waals surface area (Å²) in [6.07, 6.45) is 98.5. The van der Waals surface area contributed by atoms with Crippen molar-refractivity contribution in [1.29, 1.82) is 0 Å². The number of rotatable bonds is 73. The molecule has 0 rings (SSSR count). The van der Waals surface area contributed by atoms with E-state index >= 15 is 0 Å². The van der Waals surface area contributed by atoms with Gasteiger partial charge in [0.15, 0.2) is 12.2 Å². The van der Waals surface area contributed by atoms with Gasteiger partial charge in [-0.1, -0.05) is 286 Å². The van der Waals surface area contributed by atoms with Crippen LogP contribution >= 0.6 is 15.6 Å². The van der Waals surface area contributed by atoms with Gasteiger partial charge in [-0.05, 0) is 167 Å². The first-order chi connectivity index (χ1) is 52.7. The molecule has 0 aromatic carbocycles. The molecule has 0 bridgehead atoms. The van der Waals surface area contributed by atoms with E-state index in [0.29, 0.717) is 44.9 Å². The van der Waals surface area contributed by atoms with Crippen LogP contribution in [-0.2, 0) is 65.4 Å². The molecule has 108 heavy (non-hydrogen) atoms. The summed E-state index contributed by atoms with van der Waals surface area (Å²) in [7, 11) is -10.0. The normalized spacial score (nSPS) is 14.9. The number of hydrogen-bond acceptors (Lipinski definition) is 15. The Hall–Kier alpha value is -6.36. The third kappa shape index (κ3) is 77.8. The zero-order valence-corrected chi connectivity index (χ0v) is 68.2. The van der Waals surface area contributed by atoms with E-state index in [2.05, 4.69) is 186 Å². The predicted molar refractivity (Wildman–Crippen MR) is 445 cm³/mol. The van der Waals surface area contributed by atoms with Crippen molar-refractivity contribution in [2.24, 2.45) is 0 Å². The molecule has 19 heteroatoms. The Bertz CT molecular complexity index is 2860. The minimum absolute atomic E-state index is 0.00721. The van der Waals surface area contributed by atoms with Crippen molar-refractivity contribution in [3.05, 3.63) is 207 Å². The Morgan fingerprint density at radius 1 is 0.269 bits per heavy atom. The number of phosphoric acid groups is 2. The molecule has 0 aliphatic rings. The number of carbonyl (C=O) groups is 4. The molecular weight excluding hydrogens is 1400 g/mol. The highest BCUT2D eigenvalue weighted by atomic mass is 31.2. The van der Waals surface area contributed by atoms with Gasteiger partial charge in [-0.3, -0.25) is 37.3 Å². The van der Waals surface area contributed by atoms with Gasteiger partial charge in [0, 0.05) is 25.7 Å². The van der Waals surface area contributed by atoms with Gasteiger partial charge < -0.3 is 33.8 Å². The van der Waals surface area contributed by atoms with Crippen LogP contribution in [0, 0.1) is 0 Å². The van der Waals surface area contributed by atoms with Crippen LogP contribution < -0.4 is 0 Å². The highest BCUT2D eigenvalue weighted by Gasteiger charge is 2.30. The predicted octanol–water partition coefficient (Wildman–Crippen LogP) is 23.9. The van der Waals surface area contributed by atoms with Crippen molar-refractivity contribution in [3.63, 3.8) is 0 Å². The number of aliphatic hydroxyl groups excluding tert-OH is 1. The molecule has 0 aliphatic carbocycles. The molecule has 0 aromatic heterocycles. The molecule has 0 radical (unpaired) electrons. The van der Waals surface area contributed by atoms with Gasteiger partial charge >= 0.3 is 39.5 Å². The Kier molecular flexibility index (Phi) is 74.1. The Morgan fingerprint density at radius 3 is 0.843 bits per heavy atom. The highest BCUT2D eigenvalue weighted by molar-refractivity contribution is 7.47. The third-order valence-electron chi connectivity index (χ3n) is 15.7. The lowest BCUT2D eigenvalue weighted by atomic mass is 10.1. The zero-order chi connectivity index (χ0) is 78.9. The molecular formula is C89H140O17P2. The van der Waals surface area contributed by atoms with E-state index in [9.17, 15) is 43.2 Å². The number of phosphoric ester groups is 2. The van der Waals surface area contributed by atoms with Crippen molar-refractivity contribution < 1.29 is 80.2 Å². The van der Waals surface area contributed by atoms with Crippen LogP contribution in [0.1, 0.15) is 272 Å². The molecule has 0 heterocycles. The summed E-state index contributed by atoms with van der Waals surface area (Å²) in [5, 5.41) is 10.6. The molecule has 0 aromatic rings. The van der Waals surface area contributed by atoms with Gasteiger partial charge in [0.05, 0.1) is 26.4 Å². The number of allylic oxidation sites excluding steroid dienone is 34. The lowest BCUT2D eigenvalue weighted by Crippen LogP contribution is -2.30. The zero-order valence-electron chi connectivity index (χ0n) is 66.4. The number of esters is 4. The molecule has 0 amide bonds. The van der Waals surface area contributed by atoms with Crippen LogP contribution in [0.4, 0.5) is 0 Å². The molecule has 0 saturated carbocycles. The number of carbonyl (C=O) groups excluding carboxylic acids is 4. The SMILES string of the molecule is CC/C=C\C/C=C\C/C=C\C/C=C\C/C=C\C/C=C\CCC(=O)OC[C@H](COP(=O)(O)OC[C@@H](O)COP(=O)(O)OC[C@@H](COC(=O)CC/C=C\C/C=C\C/C=C\C/C=C\C/C=C\C/C=C\CC)OC(=O)CCCCCCC/C=C\CCCCCC)OC(=O)CCC/C=C\C/C=C\C/C=C\C/C=C\CCCCC. The van der Waals surface area contributed by atoms with E-state index in [1.165, 1.54) is 44.9 Å². The Labute approximate surface area is 652 Å². The maximum atomic E-state index is 13.1. The van der Waals surface area contributed by atoms with Crippen molar-refractivity contribution >= 4 is 39.5 Å². The number of aliphatic hydroxyl groups is 1. The Balaban J connectivity index is 5.56. The lowest BCUT2D eigenvalue weighted by Gasteiger charge is -2.21. The average molecular weight is 1540 g/mol. The van der Waals surface area contributed by atoms with E-state index in [-0.39, 0.29) is 25.7 Å². The summed E-state index contributed by atoms with van der Waals surface area (Å²) < 4.78 is 68.4. The number of ether oxygens (including phenoxy) is 4. The van der Waals surface area contributed by atoms with Crippen LogP contribution in [0.3, 0.4) is 0 Å². The fourth-order valence-electron chi connectivity index (χ4n) is 9.67. The quantitative estimate of drug-likeness (QED) is 0.0169. The highest BCUT2D eigenvalue weighted by Crippen LogP contribution is 2.45. The monoisotopic (exact) mass is 1540 g/mol. The summed E-state index contributed by atoms with van der Waals surface area (Å²) in [6, 6.07) is 0. The maximum absolute atomic E-state index is 13.1. The summed E-state index contributed by atoms with van der Waals surface area (Å²) in [6.45, 7) is 4.32. The summed E-state index contributed by atoms with van der Waals surface area (Å²) in [5.41, 5.74) is 0. The van der Waals surface area contributed by atoms with Gasteiger partial charge in [-0.2, -0.15) is 0 Å². The average Bonchev–Trinajstić information content (AvgIpc) is 0.886. The van der Waals surface area contributed by atoms with Crippen LogP contribution in [0.25, 0.3) is 0 Å². The van der Waals surface area contributed by atoms with Crippen LogP contribution in [0.5, 0.6) is 0 Å². The minimum atomic E-state index is -5.03. The van der Waals surface area contributed by atoms with E-state index in [0.717, 1.165) is 128 Å². The largest absolute Gasteiger partial charge is 0.472 e. The Morgan fingerprint density at radius 2 is 0.509 bits per heavy atom. The molecule has 5 atom stereocenters. The first-order valence-electron chi connectivity index (χ1n) is 40.3. The summed E-state index contributed by atoms with van der Waals surface area (Å²) in [4.78, 5) is 73.0. The van der Waals surface area contributed by atoms with Gasteiger partial charge in [0.25, 0.3) is 0 Å². The van der Waals surface area contributed by atoms with Gasteiger partial charge in [0.1, 0.15) is 19.3 Å². The fraction of sp³-hybridized carbons (Fsp3) is 0.573. The number of hydrogen-bond donors (Lipinski definition) is 3. The maximum Gasteiger partial charge on any atom is 0.472 e. The second kappa shape index (κ2) is 78.8. The van der Waals surface area contributed by atoms with E-state index in [1.54, 1.807) is 0 Å². The molecule has 0 aliphatic heterocycles. The molecule has 3 N–H and O–H groups in total. The fourth-order valence-corrected chi connectivity index (χ4v) is 11.2. The van der Waals surface area contributed by atoms with Crippen molar-refractivity contribution in [3.8, 4) is 0 Å². The number of unbranched alkanes of at least 4 members (excludes halogenated alkanes) is 13. The standard InChI is InChI=1S/C89H140O17P2/c1-5-9-13-17-21-25-29-33-36-39-41-44-46-50-53-57-61-65-69-73-86(91)99-79-84(105-88(93)75-71-67-63-59-55-49-32-28-24-20-16-12-8-4)81-103-107(95,96)101-77-83(90)78-102-108(97,98)104-82-85(106-89(94)76-72-68-64-60-56-52-48-43-38-35-31-27-23-19-15-11-7-3)80-100-87(92)74-70-66-62-58-54-51-47-45-42-40-37-34-30-26-22-18-14-10-6-2/h9-10,13-14,21-23,25-28,32-38,41-42,44-45,48,50-54,60-62,64-66,83-85,90H,5-8,11-12,15-20,24,29-31,39-40,43,46-47,49,55-59,63,67-82H2,1-4H3,(H,95,96)(H,97,98)/b13-9-,14-10-,25-21-,26-22-,27-23-,32-28-,36-33-,37-34-,38-35-,44-41-,45-42-,52-48-,53-50-,54-51-,64-60-,65-61-,66-62-/t83-,84+,85+/m0/s1. The van der Waals surface area contributed by atoms with Gasteiger partial charge in [0.2, 0.25) is 0 Å². The first-order valence-corrected chi connectivity index (χ1v) is 43.3. The minimum Gasteiger partial charge on any atom is -0.462 e. The van der Waals surface area contributed by atoms with Crippen molar-refractivity contribution in [2.45, 2.75) is 290 Å². The molecule has 0 saturated heterocycles.